The van der Waals surface area contributed by atoms with Gasteiger partial charge in [-0.25, -0.2) is 0 Å². The first-order chi connectivity index (χ1) is 63.7. The lowest BCUT2D eigenvalue weighted by Gasteiger charge is -2.32. The van der Waals surface area contributed by atoms with Crippen LogP contribution in [0.4, 0.5) is 0 Å². The Hall–Kier alpha value is -4.63. The first-order valence-corrected chi connectivity index (χ1v) is 53.4. The van der Waals surface area contributed by atoms with Crippen LogP contribution in [0.5, 0.6) is 0 Å². The smallest absolute Gasteiger partial charge is 0.340 e. The summed E-state index contributed by atoms with van der Waals surface area (Å²) >= 11 is 16.7. The lowest BCUT2D eigenvalue weighted by molar-refractivity contribution is -0.205. The van der Waals surface area contributed by atoms with Crippen LogP contribution in [0.15, 0.2) is 0 Å². The van der Waals surface area contributed by atoms with Gasteiger partial charge in [-0.2, -0.15) is 0 Å². The van der Waals surface area contributed by atoms with Gasteiger partial charge in [0.05, 0.1) is 114 Å². The molecule has 2 saturated heterocycles. The standard InChI is InChI=1S/C18H32O4.C16H25Cl3O4.C16H28O4.C16H28O3.C15H28O3.C13H22O4.C13H24O3/c1-4-13-10-14(5-2)15(11-13)16(12-17(19)20-3)22-18-8-6-7-9-21-18;1-6-9-8-10(7-2)12(14(21)23-16(17,18)19)11(9)13(20)22-15(3,4)5;1-7-10-9-11(8-2)13(12(10)14(17)19-6)15(18)20-16(3,4)5;1-4-12-10-13(5-2)16(3,11-12)15(17)19-14-8-6-7-9-18-14;1-6-12-9-13(7-2)14(10(12)4)15(16)18-11(5)17-8-3;1-5-8-7-9(6-2)11(13(15)17-4)10(8)12(14)16-3;1-5-9-7-10(6-2)12(13(14)16-4)11(9)8-15-3/h13-16,18H,4-12H2,1-3H3;9-12H,6-8H2,1-5H3;10-13H,7-9H2,1-6H3;12-14H,4-11H2,1-3H3;10-14H,6-9H2,1-5H3;8-11H,5-7H2,1-4H3;9-12H,5-8H2,1-4H3. The molecule has 0 amide bonds. The van der Waals surface area contributed by atoms with Gasteiger partial charge in [0, 0.05) is 26.7 Å². The molecule has 9 aliphatic rings. The van der Waals surface area contributed by atoms with Gasteiger partial charge in [0.1, 0.15) is 11.2 Å². The highest BCUT2D eigenvalue weighted by molar-refractivity contribution is 6.66. The molecule has 9 fully saturated rings. The van der Waals surface area contributed by atoms with Crippen molar-refractivity contribution in [2.75, 3.05) is 69.1 Å². The molecule has 0 radical (unpaired) electrons. The van der Waals surface area contributed by atoms with Gasteiger partial charge in [0.2, 0.25) is 6.29 Å². The summed E-state index contributed by atoms with van der Waals surface area (Å²) in [5.74, 6) is 2.05. The average Bonchev–Trinajstić information content (AvgIpc) is 1.64. The number of hydrogen-bond acceptors (Lipinski definition) is 25. The van der Waals surface area contributed by atoms with E-state index < -0.39 is 39.3 Å². The highest BCUT2D eigenvalue weighted by Crippen LogP contribution is 2.54. The SMILES string of the molecule is CCC1CC(CC)C(C(=O)OC(C)(C)C)C1C(=O)OC.CCC1CC(CC)C(C(=O)OC(Cl)(Cl)Cl)C1C(=O)OC(C)(C)C.CCC1CC(CC)C(C(=O)OC)C1C(=O)OC.CCC1CC(CC)C(C(=O)OC)C1COC.CCC1CC(CC)C(C(CC(=O)OC)OC2CCCCO2)C1.CCC1CC(CC)C(C)(C(=O)OC2CCCCO2)C1.CCOC(C)OC(=O)C1C(CC)CC(CC)C1C. The molecule has 2 aliphatic heterocycles. The average molecular weight is 1980 g/mol. The van der Waals surface area contributed by atoms with Crippen LogP contribution in [-0.4, -0.2) is 169 Å². The number of hydrogen-bond donors (Lipinski definition) is 0. The van der Waals surface area contributed by atoms with Gasteiger partial charge in [-0.15, -0.1) is 0 Å². The van der Waals surface area contributed by atoms with Crippen molar-refractivity contribution < 1.29 is 119 Å². The topological polar surface area (TPSA) is 309 Å². The summed E-state index contributed by atoms with van der Waals surface area (Å²) in [4.78, 5) is 122. The molecule has 0 N–H and O–H groups in total. The number of carbonyl (C=O) groups excluding carboxylic acids is 10. The monoisotopic (exact) mass is 1980 g/mol. The third-order valence-corrected chi connectivity index (χ3v) is 31.8. The van der Waals surface area contributed by atoms with Crippen LogP contribution in [-0.2, 0) is 119 Å². The predicted molar refractivity (Wildman–Crippen MR) is 527 cm³/mol. The Balaban J connectivity index is 0.000000407. The van der Waals surface area contributed by atoms with Crippen LogP contribution < -0.4 is 0 Å². The fourth-order valence-electron chi connectivity index (χ4n) is 24.1. The zero-order valence-electron chi connectivity index (χ0n) is 89.1. The maximum atomic E-state index is 12.6. The Morgan fingerprint density at radius 2 is 0.763 bits per heavy atom. The minimum absolute atomic E-state index is 0.0114. The molecule has 9 rings (SSSR count). The van der Waals surface area contributed by atoms with Gasteiger partial charge >= 0.3 is 63.7 Å². The van der Waals surface area contributed by atoms with Crippen molar-refractivity contribution in [3.05, 3.63) is 0 Å². The normalized spacial score (nSPS) is 32.9. The first-order valence-electron chi connectivity index (χ1n) is 52.3. The fraction of sp³-hybridized carbons (Fsp3) is 0.907. The Morgan fingerprint density at radius 1 is 0.393 bits per heavy atom. The van der Waals surface area contributed by atoms with Gasteiger partial charge in [0.25, 0.3) is 0 Å². The molecule has 786 valence electrons. The fourth-order valence-corrected chi connectivity index (χ4v) is 24.3. The Bertz CT molecular complexity index is 3390. The lowest BCUT2D eigenvalue weighted by atomic mass is 9.78. The zero-order valence-corrected chi connectivity index (χ0v) is 91.4. The van der Waals surface area contributed by atoms with Crippen molar-refractivity contribution in [2.45, 2.75) is 399 Å². The van der Waals surface area contributed by atoms with Crippen LogP contribution in [0.1, 0.15) is 359 Å². The highest BCUT2D eigenvalue weighted by Gasteiger charge is 2.56. The van der Waals surface area contributed by atoms with E-state index in [4.69, 9.17) is 106 Å². The molecule has 135 heavy (non-hydrogen) atoms. The van der Waals surface area contributed by atoms with Crippen LogP contribution in [0.2, 0.25) is 0 Å². The van der Waals surface area contributed by atoms with E-state index in [2.05, 4.69) is 83.1 Å². The highest BCUT2D eigenvalue weighted by atomic mass is 35.6. The summed E-state index contributed by atoms with van der Waals surface area (Å²) < 4.78 is 77.4. The number of esters is 10. The molecule has 0 aromatic rings. The molecule has 0 aromatic heterocycles. The number of halogens is 3. The first kappa shape index (κ1) is 125. The van der Waals surface area contributed by atoms with Crippen molar-refractivity contribution in [2.24, 2.45) is 153 Å². The summed E-state index contributed by atoms with van der Waals surface area (Å²) in [6.45, 7) is 51.5. The molecule has 25 nitrogen and oxygen atoms in total. The number of carbonyl (C=O) groups is 10. The summed E-state index contributed by atoms with van der Waals surface area (Å²) in [6.07, 6.45) is 29.2. The van der Waals surface area contributed by atoms with Gasteiger partial charge in [-0.1, -0.05) is 194 Å². The Morgan fingerprint density at radius 3 is 1.11 bits per heavy atom. The third-order valence-electron chi connectivity index (χ3n) is 31.6. The van der Waals surface area contributed by atoms with E-state index in [1.165, 1.54) is 67.7 Å². The molecule has 0 bridgehead atoms. The van der Waals surface area contributed by atoms with Crippen molar-refractivity contribution in [3.8, 4) is 0 Å². The predicted octanol–water partition coefficient (Wildman–Crippen LogP) is 24.0. The summed E-state index contributed by atoms with van der Waals surface area (Å²) in [7, 11) is 8.79. The summed E-state index contributed by atoms with van der Waals surface area (Å²) in [5.41, 5.74) is -1.44. The van der Waals surface area contributed by atoms with Crippen molar-refractivity contribution in [1.82, 2.24) is 0 Å². The van der Waals surface area contributed by atoms with Gasteiger partial charge in [-0.3, -0.25) is 47.9 Å². The zero-order chi connectivity index (χ0) is 102. The summed E-state index contributed by atoms with van der Waals surface area (Å²) in [5, 5.41) is 0. The van der Waals surface area contributed by atoms with E-state index >= 15 is 0 Å². The van der Waals surface area contributed by atoms with Crippen LogP contribution >= 0.6 is 34.8 Å². The molecule has 7 aliphatic carbocycles. The molecule has 30 unspecified atom stereocenters. The van der Waals surface area contributed by atoms with E-state index in [1.807, 2.05) is 55.4 Å². The van der Waals surface area contributed by atoms with Gasteiger partial charge in [-0.05, 0) is 288 Å². The second-order valence-electron chi connectivity index (χ2n) is 41.8. The van der Waals surface area contributed by atoms with Gasteiger partial charge < -0.3 is 71.1 Å². The number of rotatable bonds is 34. The lowest BCUT2D eigenvalue weighted by Crippen LogP contribution is -2.38. The Labute approximate surface area is 830 Å². The van der Waals surface area contributed by atoms with Gasteiger partial charge in [0.15, 0.2) is 12.6 Å². The summed E-state index contributed by atoms with van der Waals surface area (Å²) in [6, 6.07) is 0. The molecule has 30 atom stereocenters. The third kappa shape index (κ3) is 37.9. The van der Waals surface area contributed by atoms with Crippen LogP contribution in [0.25, 0.3) is 0 Å². The van der Waals surface area contributed by atoms with Crippen molar-refractivity contribution >= 4 is 94.5 Å². The second-order valence-corrected chi connectivity index (χ2v) is 44.0. The van der Waals surface area contributed by atoms with Crippen molar-refractivity contribution in [1.29, 1.82) is 0 Å². The largest absolute Gasteiger partial charge is 0.469 e. The molecule has 2 heterocycles. The second kappa shape index (κ2) is 62.0. The molecule has 28 heteroatoms. The molecular formula is C107H187Cl3O25. The molecule has 7 saturated carbocycles. The maximum absolute atomic E-state index is 12.6. The molecule has 0 spiro atoms. The quantitative estimate of drug-likeness (QED) is 0.0250. The Kier molecular flexibility index (Phi) is 57.2. The van der Waals surface area contributed by atoms with Crippen molar-refractivity contribution in [3.63, 3.8) is 0 Å². The molecular weight excluding hydrogens is 1790 g/mol. The minimum atomic E-state index is -2.13. The van der Waals surface area contributed by atoms with E-state index in [0.29, 0.717) is 78.8 Å². The number of alkyl halides is 3. The van der Waals surface area contributed by atoms with E-state index in [1.54, 1.807) is 34.8 Å². The maximum Gasteiger partial charge on any atom is 0.340 e. The van der Waals surface area contributed by atoms with E-state index in [0.717, 1.165) is 173 Å². The van der Waals surface area contributed by atoms with E-state index in [-0.39, 0.29) is 149 Å². The number of ether oxygens (including phenoxy) is 15. The van der Waals surface area contributed by atoms with Crippen LogP contribution in [0, 0.1) is 153 Å². The van der Waals surface area contributed by atoms with Crippen LogP contribution in [0.3, 0.4) is 0 Å². The minimum Gasteiger partial charge on any atom is -0.469 e. The van der Waals surface area contributed by atoms with E-state index in [9.17, 15) is 47.9 Å². The molecule has 0 aromatic carbocycles. The number of methoxy groups -OCH3 is 6.